The van der Waals surface area contributed by atoms with E-state index in [0.29, 0.717) is 18.5 Å². The van der Waals surface area contributed by atoms with Crippen molar-refractivity contribution in [3.63, 3.8) is 0 Å². The Hall–Kier alpha value is -1.53. The number of nitrogens with one attached hydrogen (secondary N) is 1. The summed E-state index contributed by atoms with van der Waals surface area (Å²) in [5, 5.41) is 6.00. The molecule has 1 fully saturated rings. The Morgan fingerprint density at radius 3 is 2.58 bits per heavy atom. The fourth-order valence-electron chi connectivity index (χ4n) is 2.47. The van der Waals surface area contributed by atoms with Gasteiger partial charge in [-0.3, -0.25) is 4.79 Å². The summed E-state index contributed by atoms with van der Waals surface area (Å²) in [5.74, 6) is -0.965. The van der Waals surface area contributed by atoms with Gasteiger partial charge < -0.3 is 9.84 Å². The molecule has 4 nitrogen and oxygen atoms in total. The Bertz CT molecular complexity index is 436. The minimum atomic E-state index is -4.52. The van der Waals surface area contributed by atoms with Gasteiger partial charge in [0.25, 0.3) is 0 Å². The van der Waals surface area contributed by atoms with Gasteiger partial charge in [-0.05, 0) is 19.8 Å². The molecule has 1 saturated carbocycles. The lowest BCUT2D eigenvalue weighted by molar-refractivity contribution is -0.220. The van der Waals surface area contributed by atoms with E-state index in [4.69, 9.17) is 0 Å². The highest BCUT2D eigenvalue weighted by atomic mass is 19.4. The number of nitrogens with zero attached hydrogens (tertiary/aromatic N) is 1. The summed E-state index contributed by atoms with van der Waals surface area (Å²) in [4.78, 5) is 12.0. The fraction of sp³-hybridized carbons (Fsp3) is 0.667. The highest BCUT2D eigenvalue weighted by Crippen LogP contribution is 2.50. The molecule has 1 amide bonds. The summed E-state index contributed by atoms with van der Waals surface area (Å²) in [7, 11) is 0. The molecule has 1 aliphatic carbocycles. The Kier molecular flexibility index (Phi) is 3.56. The van der Waals surface area contributed by atoms with E-state index in [0.717, 1.165) is 0 Å². The number of halogens is 3. The number of carbonyl (C=O) groups is 1. The van der Waals surface area contributed by atoms with E-state index in [1.54, 1.807) is 6.92 Å². The summed E-state index contributed by atoms with van der Waals surface area (Å²) in [6.07, 6.45) is -2.65. The molecule has 7 heteroatoms. The number of amides is 1. The van der Waals surface area contributed by atoms with E-state index in [1.807, 2.05) is 0 Å². The van der Waals surface area contributed by atoms with Crippen LogP contribution in [0.3, 0.4) is 0 Å². The minimum Gasteiger partial charge on any atom is -0.364 e. The van der Waals surface area contributed by atoms with Crippen molar-refractivity contribution in [3.05, 3.63) is 18.0 Å². The van der Waals surface area contributed by atoms with Gasteiger partial charge in [0.15, 0.2) is 0 Å². The fourth-order valence-corrected chi connectivity index (χ4v) is 2.47. The van der Waals surface area contributed by atoms with Gasteiger partial charge in [-0.25, -0.2) is 0 Å². The van der Waals surface area contributed by atoms with Crippen LogP contribution in [0.15, 0.2) is 16.9 Å². The standard InChI is InChI=1S/C12H15F3N2O2/c1-8(9-4-7-19-17-9)16-10(18)11(12(13,14)15)5-2-3-6-11/h4,7-8H,2-3,5-6H2,1H3,(H,16,18). The number of hydrogen-bond donors (Lipinski definition) is 1. The van der Waals surface area contributed by atoms with Gasteiger partial charge in [0, 0.05) is 6.07 Å². The summed E-state index contributed by atoms with van der Waals surface area (Å²) in [6, 6.07) is 0.908. The lowest BCUT2D eigenvalue weighted by Gasteiger charge is -2.31. The smallest absolute Gasteiger partial charge is 0.364 e. The number of aromatic nitrogens is 1. The number of alkyl halides is 3. The molecule has 1 unspecified atom stereocenters. The first-order valence-electron chi connectivity index (χ1n) is 6.15. The second-order valence-corrected chi connectivity index (χ2v) is 4.91. The number of hydrogen-bond acceptors (Lipinski definition) is 3. The van der Waals surface area contributed by atoms with Crippen molar-refractivity contribution in [3.8, 4) is 0 Å². The molecule has 1 aromatic rings. The molecule has 0 bridgehead atoms. The third-order valence-electron chi connectivity index (χ3n) is 3.68. The molecule has 0 aliphatic heterocycles. The van der Waals surface area contributed by atoms with Crippen LogP contribution < -0.4 is 5.32 Å². The van der Waals surface area contributed by atoms with Crippen LogP contribution in [0.4, 0.5) is 13.2 Å². The molecule has 1 aromatic heterocycles. The zero-order valence-corrected chi connectivity index (χ0v) is 10.5. The van der Waals surface area contributed by atoms with Crippen LogP contribution in [0.2, 0.25) is 0 Å². The van der Waals surface area contributed by atoms with Gasteiger partial charge in [-0.2, -0.15) is 13.2 Å². The third kappa shape index (κ3) is 2.46. The summed E-state index contributed by atoms with van der Waals surface area (Å²) < 4.78 is 44.1. The van der Waals surface area contributed by atoms with Gasteiger partial charge >= 0.3 is 6.18 Å². The van der Waals surface area contributed by atoms with E-state index < -0.39 is 23.5 Å². The van der Waals surface area contributed by atoms with Crippen LogP contribution >= 0.6 is 0 Å². The number of carbonyl (C=O) groups excluding carboxylic acids is 1. The maximum Gasteiger partial charge on any atom is 0.403 e. The first-order chi connectivity index (χ1) is 8.87. The predicted molar refractivity (Wildman–Crippen MR) is 60.0 cm³/mol. The van der Waals surface area contributed by atoms with Crippen LogP contribution in [0.25, 0.3) is 0 Å². The largest absolute Gasteiger partial charge is 0.403 e. The molecule has 106 valence electrons. The maximum absolute atomic E-state index is 13.2. The highest BCUT2D eigenvalue weighted by Gasteiger charge is 2.61. The molecule has 1 aliphatic rings. The lowest BCUT2D eigenvalue weighted by Crippen LogP contribution is -2.49. The van der Waals surface area contributed by atoms with E-state index in [9.17, 15) is 18.0 Å². The molecule has 1 N–H and O–H groups in total. The Labute approximate surface area is 108 Å². The summed E-state index contributed by atoms with van der Waals surface area (Å²) in [5.41, 5.74) is -1.84. The van der Waals surface area contributed by atoms with Gasteiger partial charge in [0.2, 0.25) is 5.91 Å². The minimum absolute atomic E-state index is 0.145. The van der Waals surface area contributed by atoms with Crippen molar-refractivity contribution in [2.45, 2.75) is 44.8 Å². The van der Waals surface area contributed by atoms with Crippen LogP contribution in [0.1, 0.15) is 44.3 Å². The third-order valence-corrected chi connectivity index (χ3v) is 3.68. The van der Waals surface area contributed by atoms with Crippen LogP contribution in [-0.2, 0) is 4.79 Å². The summed E-state index contributed by atoms with van der Waals surface area (Å²) in [6.45, 7) is 1.58. The van der Waals surface area contributed by atoms with Crippen molar-refractivity contribution in [1.29, 1.82) is 0 Å². The normalized spacial score (nSPS) is 20.2. The van der Waals surface area contributed by atoms with Gasteiger partial charge in [-0.1, -0.05) is 18.0 Å². The molecule has 19 heavy (non-hydrogen) atoms. The zero-order valence-electron chi connectivity index (χ0n) is 10.5. The SMILES string of the molecule is CC(NC(=O)C1(C(F)(F)F)CCCC1)c1ccon1. The van der Waals surface area contributed by atoms with Gasteiger partial charge in [0.1, 0.15) is 17.4 Å². The first kappa shape index (κ1) is 13.9. The van der Waals surface area contributed by atoms with Crippen molar-refractivity contribution < 1.29 is 22.5 Å². The molecule has 1 atom stereocenters. The van der Waals surface area contributed by atoms with Crippen LogP contribution in [0, 0.1) is 5.41 Å². The molecule has 2 rings (SSSR count). The second-order valence-electron chi connectivity index (χ2n) is 4.91. The summed E-state index contributed by atoms with van der Waals surface area (Å²) >= 11 is 0. The Balaban J connectivity index is 2.13. The van der Waals surface area contributed by atoms with Crippen molar-refractivity contribution in [2.24, 2.45) is 5.41 Å². The van der Waals surface area contributed by atoms with Crippen molar-refractivity contribution >= 4 is 5.91 Å². The van der Waals surface area contributed by atoms with E-state index in [-0.39, 0.29) is 12.8 Å². The Morgan fingerprint density at radius 2 is 2.11 bits per heavy atom. The van der Waals surface area contributed by atoms with Crippen LogP contribution in [0.5, 0.6) is 0 Å². The zero-order chi connectivity index (χ0) is 14.1. The molecular weight excluding hydrogens is 261 g/mol. The van der Waals surface area contributed by atoms with Crippen molar-refractivity contribution in [1.82, 2.24) is 10.5 Å². The molecular formula is C12H15F3N2O2. The molecule has 0 spiro atoms. The lowest BCUT2D eigenvalue weighted by atomic mass is 9.84. The average molecular weight is 276 g/mol. The topological polar surface area (TPSA) is 55.1 Å². The maximum atomic E-state index is 13.2. The molecule has 1 heterocycles. The van der Waals surface area contributed by atoms with E-state index in [2.05, 4.69) is 15.0 Å². The molecule has 0 radical (unpaired) electrons. The predicted octanol–water partition coefficient (Wildman–Crippen LogP) is 2.97. The second kappa shape index (κ2) is 4.86. The monoisotopic (exact) mass is 276 g/mol. The number of rotatable bonds is 3. The molecule has 0 aromatic carbocycles. The van der Waals surface area contributed by atoms with E-state index in [1.165, 1.54) is 12.3 Å². The quantitative estimate of drug-likeness (QED) is 0.923. The Morgan fingerprint density at radius 1 is 1.47 bits per heavy atom. The van der Waals surface area contributed by atoms with E-state index >= 15 is 0 Å². The first-order valence-corrected chi connectivity index (χ1v) is 6.15. The highest BCUT2D eigenvalue weighted by molar-refractivity contribution is 5.84. The van der Waals surface area contributed by atoms with Gasteiger partial charge in [0.05, 0.1) is 6.04 Å². The van der Waals surface area contributed by atoms with Crippen molar-refractivity contribution in [2.75, 3.05) is 0 Å². The van der Waals surface area contributed by atoms with Crippen LogP contribution in [-0.4, -0.2) is 17.2 Å². The van der Waals surface area contributed by atoms with Gasteiger partial charge in [-0.15, -0.1) is 0 Å². The average Bonchev–Trinajstić information content (AvgIpc) is 3.00. The molecule has 0 saturated heterocycles.